The fraction of sp³-hybridized carbons (Fsp3) is 0.429. The molecule has 0 aliphatic carbocycles. The van der Waals surface area contributed by atoms with Gasteiger partial charge < -0.3 is 14.7 Å². The van der Waals surface area contributed by atoms with Gasteiger partial charge in [0.15, 0.2) is 0 Å². The van der Waals surface area contributed by atoms with E-state index >= 15 is 0 Å². The van der Waals surface area contributed by atoms with Gasteiger partial charge in [0.1, 0.15) is 6.61 Å². The molecule has 5 nitrogen and oxygen atoms in total. The van der Waals surface area contributed by atoms with Gasteiger partial charge in [-0.2, -0.15) is 0 Å². The van der Waals surface area contributed by atoms with E-state index in [9.17, 15) is 9.59 Å². The van der Waals surface area contributed by atoms with E-state index in [1.165, 1.54) is 0 Å². The van der Waals surface area contributed by atoms with E-state index < -0.39 is 5.97 Å². The van der Waals surface area contributed by atoms with Crippen LogP contribution in [-0.4, -0.2) is 47.7 Å². The lowest BCUT2D eigenvalue weighted by Gasteiger charge is -2.31. The van der Waals surface area contributed by atoms with Crippen molar-refractivity contribution in [1.82, 2.24) is 4.90 Å². The van der Waals surface area contributed by atoms with Crippen molar-refractivity contribution in [1.29, 1.82) is 0 Å². The Labute approximate surface area is 122 Å². The summed E-state index contributed by atoms with van der Waals surface area (Å²) in [5, 5.41) is 9.15. The third kappa shape index (κ3) is 3.95. The smallest absolute Gasteiger partial charge is 0.329 e. The Morgan fingerprint density at radius 3 is 2.40 bits per heavy atom. The zero-order chi connectivity index (χ0) is 14.5. The van der Waals surface area contributed by atoms with Crippen molar-refractivity contribution < 1.29 is 19.4 Å². The van der Waals surface area contributed by atoms with Crippen LogP contribution in [0.15, 0.2) is 24.3 Å². The predicted octanol–water partition coefficient (Wildman–Crippen LogP) is 2.05. The highest BCUT2D eigenvalue weighted by atomic mass is 35.5. The lowest BCUT2D eigenvalue weighted by molar-refractivity contribution is -0.145. The molecule has 0 bridgehead atoms. The fourth-order valence-electron chi connectivity index (χ4n) is 2.19. The first kappa shape index (κ1) is 14.8. The van der Waals surface area contributed by atoms with Crippen molar-refractivity contribution >= 4 is 23.5 Å². The van der Waals surface area contributed by atoms with E-state index in [-0.39, 0.29) is 18.6 Å². The topological polar surface area (TPSA) is 66.8 Å². The summed E-state index contributed by atoms with van der Waals surface area (Å²) in [5.41, 5.74) is 0.610. The maximum Gasteiger partial charge on any atom is 0.329 e. The summed E-state index contributed by atoms with van der Waals surface area (Å²) in [6, 6.07) is 6.80. The van der Waals surface area contributed by atoms with E-state index in [0.29, 0.717) is 36.5 Å². The molecule has 1 N–H and O–H groups in total. The Morgan fingerprint density at radius 2 is 1.85 bits per heavy atom. The van der Waals surface area contributed by atoms with Crippen molar-refractivity contribution in [2.75, 3.05) is 19.7 Å². The van der Waals surface area contributed by atoms with Crippen LogP contribution in [0.4, 0.5) is 0 Å². The highest BCUT2D eigenvalue weighted by Crippen LogP contribution is 2.17. The Morgan fingerprint density at radius 1 is 1.25 bits per heavy atom. The fourth-order valence-corrected chi connectivity index (χ4v) is 2.32. The zero-order valence-electron chi connectivity index (χ0n) is 10.9. The maximum atomic E-state index is 12.2. The first-order valence-corrected chi connectivity index (χ1v) is 6.82. The molecule has 6 heteroatoms. The minimum Gasteiger partial charge on any atom is -0.480 e. The first-order valence-electron chi connectivity index (χ1n) is 6.44. The van der Waals surface area contributed by atoms with E-state index in [1.54, 1.807) is 29.2 Å². The molecule has 1 amide bonds. The number of nitrogens with zero attached hydrogens (tertiary/aromatic N) is 1. The van der Waals surface area contributed by atoms with Gasteiger partial charge in [0.25, 0.3) is 5.91 Å². The number of hydrogen-bond acceptors (Lipinski definition) is 3. The van der Waals surface area contributed by atoms with E-state index in [1.807, 2.05) is 0 Å². The average Bonchev–Trinajstić information content (AvgIpc) is 2.46. The molecular weight excluding hydrogens is 282 g/mol. The minimum atomic E-state index is -0.968. The second kappa shape index (κ2) is 6.72. The molecule has 1 saturated heterocycles. The number of halogens is 1. The van der Waals surface area contributed by atoms with Crippen molar-refractivity contribution in [3.8, 4) is 0 Å². The lowest BCUT2D eigenvalue weighted by Crippen LogP contribution is -2.41. The van der Waals surface area contributed by atoms with E-state index in [4.69, 9.17) is 21.4 Å². The van der Waals surface area contributed by atoms with Gasteiger partial charge in [-0.15, -0.1) is 0 Å². The number of ether oxygens (including phenoxy) is 1. The summed E-state index contributed by atoms with van der Waals surface area (Å²) < 4.78 is 5.24. The van der Waals surface area contributed by atoms with Gasteiger partial charge in [-0.1, -0.05) is 11.6 Å². The largest absolute Gasteiger partial charge is 0.480 e. The predicted molar refractivity (Wildman–Crippen MR) is 74.0 cm³/mol. The quantitative estimate of drug-likeness (QED) is 0.923. The lowest BCUT2D eigenvalue weighted by atomic mass is 10.1. The number of hydrogen-bond donors (Lipinski definition) is 1. The van der Waals surface area contributed by atoms with Crippen LogP contribution < -0.4 is 0 Å². The summed E-state index contributed by atoms with van der Waals surface area (Å²) in [7, 11) is 0. The molecule has 1 heterocycles. The van der Waals surface area contributed by atoms with Gasteiger partial charge in [0.2, 0.25) is 0 Å². The summed E-state index contributed by atoms with van der Waals surface area (Å²) in [6.45, 7) is 0.868. The number of aliphatic carboxylic acids is 1. The molecule has 0 atom stereocenters. The molecule has 0 saturated carbocycles. The number of piperidine rings is 1. The first-order chi connectivity index (χ1) is 9.56. The summed E-state index contributed by atoms with van der Waals surface area (Å²) in [5.74, 6) is -0.997. The molecular formula is C14H16ClNO4. The Kier molecular flexibility index (Phi) is 4.98. The van der Waals surface area contributed by atoms with Crippen molar-refractivity contribution in [2.24, 2.45) is 0 Å². The van der Waals surface area contributed by atoms with Gasteiger partial charge in [-0.25, -0.2) is 4.79 Å². The van der Waals surface area contributed by atoms with E-state index in [0.717, 1.165) is 0 Å². The highest BCUT2D eigenvalue weighted by molar-refractivity contribution is 6.30. The van der Waals surface area contributed by atoms with Gasteiger partial charge in [0, 0.05) is 23.7 Å². The van der Waals surface area contributed by atoms with Crippen molar-refractivity contribution in [3.05, 3.63) is 34.9 Å². The summed E-state index contributed by atoms with van der Waals surface area (Å²) in [6.07, 6.45) is 1.24. The molecule has 108 valence electrons. The maximum absolute atomic E-state index is 12.2. The highest BCUT2D eigenvalue weighted by Gasteiger charge is 2.24. The molecule has 0 radical (unpaired) electrons. The van der Waals surface area contributed by atoms with Crippen LogP contribution in [0.25, 0.3) is 0 Å². The molecule has 0 aromatic heterocycles. The molecule has 0 spiro atoms. The van der Waals surface area contributed by atoms with Crippen LogP contribution in [0.5, 0.6) is 0 Å². The van der Waals surface area contributed by atoms with Crippen LogP contribution in [0.3, 0.4) is 0 Å². The standard InChI is InChI=1S/C14H16ClNO4/c15-11-3-1-10(2-4-11)14(19)16-7-5-12(6-8-16)20-9-13(17)18/h1-4,12H,5-9H2,(H,17,18). The molecule has 1 aliphatic heterocycles. The minimum absolute atomic E-state index is 0.0293. The number of carbonyl (C=O) groups excluding carboxylic acids is 1. The number of rotatable bonds is 4. The van der Waals surface area contributed by atoms with E-state index in [2.05, 4.69) is 0 Å². The molecule has 1 fully saturated rings. The molecule has 1 aliphatic rings. The number of carboxylic acids is 1. The molecule has 0 unspecified atom stereocenters. The molecule has 1 aromatic carbocycles. The second-order valence-electron chi connectivity index (χ2n) is 4.70. The third-order valence-corrected chi connectivity index (χ3v) is 3.51. The normalized spacial score (nSPS) is 16.1. The third-order valence-electron chi connectivity index (χ3n) is 3.26. The van der Waals surface area contributed by atoms with Crippen LogP contribution in [-0.2, 0) is 9.53 Å². The number of likely N-dealkylation sites (tertiary alicyclic amines) is 1. The number of carboxylic acid groups (broad SMARTS) is 1. The Hall–Kier alpha value is -1.59. The van der Waals surface area contributed by atoms with Gasteiger partial charge in [0.05, 0.1) is 6.10 Å². The summed E-state index contributed by atoms with van der Waals surface area (Å²) >= 11 is 5.79. The number of amides is 1. The average molecular weight is 298 g/mol. The van der Waals surface area contributed by atoms with Crippen LogP contribution >= 0.6 is 11.6 Å². The van der Waals surface area contributed by atoms with Crippen molar-refractivity contribution in [2.45, 2.75) is 18.9 Å². The second-order valence-corrected chi connectivity index (χ2v) is 5.14. The Balaban J connectivity index is 1.85. The number of carbonyl (C=O) groups is 2. The van der Waals surface area contributed by atoms with Crippen molar-refractivity contribution in [3.63, 3.8) is 0 Å². The SMILES string of the molecule is O=C(O)COC1CCN(C(=O)c2ccc(Cl)cc2)CC1. The van der Waals surface area contributed by atoms with Gasteiger partial charge in [-0.05, 0) is 37.1 Å². The molecule has 1 aromatic rings. The monoisotopic (exact) mass is 297 g/mol. The molecule has 20 heavy (non-hydrogen) atoms. The Bertz CT molecular complexity index is 480. The van der Waals surface area contributed by atoms with Crippen LogP contribution in [0.1, 0.15) is 23.2 Å². The summed E-state index contributed by atoms with van der Waals surface area (Å²) in [4.78, 5) is 24.4. The van der Waals surface area contributed by atoms with Crippen LogP contribution in [0.2, 0.25) is 5.02 Å². The van der Waals surface area contributed by atoms with Gasteiger partial charge in [-0.3, -0.25) is 4.79 Å². The van der Waals surface area contributed by atoms with Crippen LogP contribution in [0, 0.1) is 0 Å². The van der Waals surface area contributed by atoms with Gasteiger partial charge >= 0.3 is 5.97 Å². The zero-order valence-corrected chi connectivity index (χ0v) is 11.7. The molecule has 2 rings (SSSR count). The number of benzene rings is 1.